The van der Waals surface area contributed by atoms with Gasteiger partial charge in [-0.3, -0.25) is 4.79 Å². The highest BCUT2D eigenvalue weighted by Gasteiger charge is 2.24. The predicted octanol–water partition coefficient (Wildman–Crippen LogP) is 1.51. The Morgan fingerprint density at radius 3 is 2.68 bits per heavy atom. The second-order valence-electron chi connectivity index (χ2n) is 4.96. The highest BCUT2D eigenvalue weighted by atomic mass is 16.5. The van der Waals surface area contributed by atoms with Crippen LogP contribution in [0.5, 0.6) is 5.75 Å². The molecule has 1 aromatic carbocycles. The molecular weight excluding hydrogens is 242 g/mol. The second kappa shape index (κ2) is 5.82. The maximum absolute atomic E-state index is 11.3. The summed E-state index contributed by atoms with van der Waals surface area (Å²) in [4.78, 5) is 13.4. The number of nitrogens with two attached hydrogens (primary N) is 2. The van der Waals surface area contributed by atoms with Gasteiger partial charge in [0.05, 0.1) is 19.3 Å². The summed E-state index contributed by atoms with van der Waals surface area (Å²) in [5, 5.41) is 0. The molecule has 2 rings (SSSR count). The van der Waals surface area contributed by atoms with E-state index in [9.17, 15) is 4.79 Å². The van der Waals surface area contributed by atoms with E-state index in [0.717, 1.165) is 18.5 Å². The van der Waals surface area contributed by atoms with E-state index < -0.39 is 0 Å². The van der Waals surface area contributed by atoms with Crippen LogP contribution >= 0.6 is 0 Å². The molecular formula is C14H21N3O2. The first kappa shape index (κ1) is 13.5. The average Bonchev–Trinajstić information content (AvgIpc) is 2.90. The van der Waals surface area contributed by atoms with E-state index in [0.29, 0.717) is 17.5 Å². The molecule has 1 aliphatic rings. The molecule has 1 aliphatic carbocycles. The Bertz CT molecular complexity index is 456. The smallest absolute Gasteiger partial charge is 0.236 e. The molecule has 1 saturated carbocycles. The Morgan fingerprint density at radius 1 is 1.42 bits per heavy atom. The topological polar surface area (TPSA) is 81.6 Å². The van der Waals surface area contributed by atoms with Gasteiger partial charge in [-0.05, 0) is 25.0 Å². The third kappa shape index (κ3) is 3.10. The molecule has 0 aliphatic heterocycles. The Labute approximate surface area is 113 Å². The zero-order chi connectivity index (χ0) is 13.8. The van der Waals surface area contributed by atoms with Gasteiger partial charge < -0.3 is 21.1 Å². The lowest BCUT2D eigenvalue weighted by Crippen LogP contribution is -2.40. The van der Waals surface area contributed by atoms with Crippen LogP contribution in [0.2, 0.25) is 0 Å². The molecule has 5 heteroatoms. The van der Waals surface area contributed by atoms with E-state index in [4.69, 9.17) is 16.2 Å². The molecule has 4 N–H and O–H groups in total. The number of anilines is 2. The molecule has 1 fully saturated rings. The van der Waals surface area contributed by atoms with Gasteiger partial charge in [0.15, 0.2) is 0 Å². The summed E-state index contributed by atoms with van der Waals surface area (Å²) >= 11 is 0. The van der Waals surface area contributed by atoms with Gasteiger partial charge in [-0.2, -0.15) is 0 Å². The lowest BCUT2D eigenvalue weighted by molar-refractivity contribution is -0.116. The van der Waals surface area contributed by atoms with Crippen LogP contribution in [0, 0.1) is 0 Å². The van der Waals surface area contributed by atoms with Crippen molar-refractivity contribution in [3.05, 3.63) is 18.2 Å². The summed E-state index contributed by atoms with van der Waals surface area (Å²) in [6, 6.07) is 5.97. The van der Waals surface area contributed by atoms with Crippen molar-refractivity contribution in [2.75, 3.05) is 24.3 Å². The van der Waals surface area contributed by atoms with Crippen LogP contribution in [0.3, 0.4) is 0 Å². The van der Waals surface area contributed by atoms with Gasteiger partial charge in [0.2, 0.25) is 5.91 Å². The molecule has 1 aromatic rings. The molecule has 1 amide bonds. The van der Waals surface area contributed by atoms with Gasteiger partial charge >= 0.3 is 0 Å². The minimum absolute atomic E-state index is 0.234. The van der Waals surface area contributed by atoms with Crippen molar-refractivity contribution in [3.63, 3.8) is 0 Å². The number of ether oxygens (including phenoxy) is 1. The number of primary amides is 1. The van der Waals surface area contributed by atoms with Crippen molar-refractivity contribution < 1.29 is 9.53 Å². The van der Waals surface area contributed by atoms with Crippen LogP contribution in [0.4, 0.5) is 11.4 Å². The standard InChI is InChI=1S/C14H21N3O2/c1-19-13-8-11(6-7-12(13)15)17(9-14(16)18)10-4-2-3-5-10/h6-8,10H,2-5,9,15H2,1H3,(H2,16,18). The fourth-order valence-corrected chi connectivity index (χ4v) is 2.69. The molecule has 0 spiro atoms. The minimum Gasteiger partial charge on any atom is -0.495 e. The number of hydrogen-bond donors (Lipinski definition) is 2. The Hall–Kier alpha value is -1.91. The van der Waals surface area contributed by atoms with Crippen LogP contribution in [0.15, 0.2) is 18.2 Å². The molecule has 0 radical (unpaired) electrons. The van der Waals surface area contributed by atoms with E-state index in [1.807, 2.05) is 12.1 Å². The number of hydrogen-bond acceptors (Lipinski definition) is 4. The summed E-state index contributed by atoms with van der Waals surface area (Å²) in [6.07, 6.45) is 4.60. The second-order valence-corrected chi connectivity index (χ2v) is 4.96. The van der Waals surface area contributed by atoms with Crippen LogP contribution in [0.1, 0.15) is 25.7 Å². The van der Waals surface area contributed by atoms with Gasteiger partial charge in [0.1, 0.15) is 5.75 Å². The number of nitrogen functional groups attached to an aromatic ring is 1. The van der Waals surface area contributed by atoms with Crippen LogP contribution in [0.25, 0.3) is 0 Å². The maximum atomic E-state index is 11.3. The lowest BCUT2D eigenvalue weighted by Gasteiger charge is -2.30. The number of nitrogens with zero attached hydrogens (tertiary/aromatic N) is 1. The van der Waals surface area contributed by atoms with Gasteiger partial charge in [0.25, 0.3) is 0 Å². The molecule has 0 aromatic heterocycles. The van der Waals surface area contributed by atoms with Crippen LogP contribution in [-0.4, -0.2) is 25.6 Å². The molecule has 104 valence electrons. The number of carbonyl (C=O) groups is 1. The quantitative estimate of drug-likeness (QED) is 0.789. The van der Waals surface area contributed by atoms with Crippen molar-refractivity contribution in [3.8, 4) is 5.75 Å². The van der Waals surface area contributed by atoms with Crippen molar-refractivity contribution in [1.29, 1.82) is 0 Å². The minimum atomic E-state index is -0.317. The van der Waals surface area contributed by atoms with Crippen LogP contribution in [-0.2, 0) is 4.79 Å². The Balaban J connectivity index is 2.28. The Kier molecular flexibility index (Phi) is 4.14. The first-order valence-corrected chi connectivity index (χ1v) is 6.60. The average molecular weight is 263 g/mol. The fourth-order valence-electron chi connectivity index (χ4n) is 2.69. The van der Waals surface area contributed by atoms with E-state index in [-0.39, 0.29) is 12.5 Å². The zero-order valence-electron chi connectivity index (χ0n) is 11.3. The fraction of sp³-hybridized carbons (Fsp3) is 0.500. The largest absolute Gasteiger partial charge is 0.495 e. The molecule has 0 bridgehead atoms. The van der Waals surface area contributed by atoms with Gasteiger partial charge in [-0.15, -0.1) is 0 Å². The predicted molar refractivity (Wildman–Crippen MR) is 76.2 cm³/mol. The van der Waals surface area contributed by atoms with Crippen molar-refractivity contribution in [1.82, 2.24) is 0 Å². The highest BCUT2D eigenvalue weighted by molar-refractivity contribution is 5.80. The normalized spacial score (nSPS) is 15.4. The molecule has 0 saturated heterocycles. The monoisotopic (exact) mass is 263 g/mol. The number of rotatable bonds is 5. The summed E-state index contributed by atoms with van der Waals surface area (Å²) in [7, 11) is 1.59. The number of amides is 1. The first-order chi connectivity index (χ1) is 9.11. The van der Waals surface area contributed by atoms with E-state index in [1.165, 1.54) is 12.8 Å². The summed E-state index contributed by atoms with van der Waals surface area (Å²) in [6.45, 7) is 0.234. The van der Waals surface area contributed by atoms with E-state index >= 15 is 0 Å². The highest BCUT2D eigenvalue weighted by Crippen LogP contribution is 2.32. The van der Waals surface area contributed by atoms with E-state index in [1.54, 1.807) is 13.2 Å². The SMILES string of the molecule is COc1cc(N(CC(N)=O)C2CCCC2)ccc1N. The van der Waals surface area contributed by atoms with Crippen molar-refractivity contribution >= 4 is 17.3 Å². The van der Waals surface area contributed by atoms with Gasteiger partial charge in [-0.25, -0.2) is 0 Å². The third-order valence-corrected chi connectivity index (χ3v) is 3.64. The van der Waals surface area contributed by atoms with Crippen LogP contribution < -0.4 is 21.1 Å². The third-order valence-electron chi connectivity index (χ3n) is 3.64. The van der Waals surface area contributed by atoms with Crippen molar-refractivity contribution in [2.24, 2.45) is 5.73 Å². The molecule has 0 unspecified atom stereocenters. The summed E-state index contributed by atoms with van der Waals surface area (Å²) < 4.78 is 5.24. The number of methoxy groups -OCH3 is 1. The number of benzene rings is 1. The van der Waals surface area contributed by atoms with E-state index in [2.05, 4.69) is 4.90 Å². The van der Waals surface area contributed by atoms with Gasteiger partial charge in [0, 0.05) is 17.8 Å². The molecule has 0 heterocycles. The van der Waals surface area contributed by atoms with Gasteiger partial charge in [-0.1, -0.05) is 12.8 Å². The Morgan fingerprint density at radius 2 is 2.11 bits per heavy atom. The molecule has 19 heavy (non-hydrogen) atoms. The summed E-state index contributed by atoms with van der Waals surface area (Å²) in [5.41, 5.74) is 12.7. The maximum Gasteiger partial charge on any atom is 0.236 e. The zero-order valence-corrected chi connectivity index (χ0v) is 11.3. The van der Waals surface area contributed by atoms with Crippen molar-refractivity contribution in [2.45, 2.75) is 31.7 Å². The molecule has 5 nitrogen and oxygen atoms in total. The molecule has 0 atom stereocenters. The first-order valence-electron chi connectivity index (χ1n) is 6.60. The summed E-state index contributed by atoms with van der Waals surface area (Å²) in [5.74, 6) is 0.313. The lowest BCUT2D eigenvalue weighted by atomic mass is 10.1. The number of carbonyl (C=O) groups excluding carboxylic acids is 1.